The van der Waals surface area contributed by atoms with Crippen LogP contribution in [0.5, 0.6) is 0 Å². The molecule has 0 radical (unpaired) electrons. The number of benzene rings is 1. The van der Waals surface area contributed by atoms with Crippen molar-refractivity contribution in [3.8, 4) is 0 Å². The minimum absolute atomic E-state index is 0.793. The first-order valence-corrected chi connectivity index (χ1v) is 18.1. The van der Waals surface area contributed by atoms with Gasteiger partial charge in [-0.2, -0.15) is 0 Å². The van der Waals surface area contributed by atoms with E-state index in [-0.39, 0.29) is 0 Å². The molecule has 5 unspecified atom stereocenters. The summed E-state index contributed by atoms with van der Waals surface area (Å²) >= 11 is 0. The molecular formula is C33H52Si. The van der Waals surface area contributed by atoms with Crippen LogP contribution in [0.4, 0.5) is 0 Å². The molecule has 1 aromatic rings. The second kappa shape index (κ2) is 12.2. The first-order chi connectivity index (χ1) is 16.6. The topological polar surface area (TPSA) is 0 Å². The van der Waals surface area contributed by atoms with Crippen molar-refractivity contribution >= 4 is 13.3 Å². The summed E-state index contributed by atoms with van der Waals surface area (Å²) in [5.74, 6) is 3.51. The zero-order valence-corrected chi connectivity index (χ0v) is 23.8. The average Bonchev–Trinajstić information content (AvgIpc) is 3.20. The minimum Gasteiger partial charge on any atom is -0.0808 e. The van der Waals surface area contributed by atoms with E-state index in [1.54, 1.807) is 16.3 Å². The fourth-order valence-electron chi connectivity index (χ4n) is 7.97. The van der Waals surface area contributed by atoms with E-state index >= 15 is 0 Å². The van der Waals surface area contributed by atoms with Crippen molar-refractivity contribution in [3.63, 3.8) is 0 Å². The van der Waals surface area contributed by atoms with Gasteiger partial charge >= 0.3 is 0 Å². The molecule has 34 heavy (non-hydrogen) atoms. The van der Waals surface area contributed by atoms with Crippen molar-refractivity contribution < 1.29 is 0 Å². The van der Waals surface area contributed by atoms with Gasteiger partial charge in [-0.15, -0.1) is 0 Å². The van der Waals surface area contributed by atoms with Crippen molar-refractivity contribution in [2.24, 2.45) is 23.7 Å². The Kier molecular flexibility index (Phi) is 9.36. The number of aryl methyl sites for hydroxylation is 2. The molecule has 0 amide bonds. The van der Waals surface area contributed by atoms with Gasteiger partial charge in [0.15, 0.2) is 0 Å². The molecule has 0 spiro atoms. The van der Waals surface area contributed by atoms with Crippen molar-refractivity contribution in [1.82, 2.24) is 0 Å². The predicted octanol–water partition coefficient (Wildman–Crippen LogP) is 9.40. The van der Waals surface area contributed by atoms with E-state index in [0.717, 1.165) is 29.2 Å². The van der Waals surface area contributed by atoms with Gasteiger partial charge in [0.1, 0.15) is 0 Å². The molecule has 188 valence electrons. The first kappa shape index (κ1) is 26.0. The second-order valence-electron chi connectivity index (χ2n) is 12.4. The fraction of sp³-hybridized carbons (Fsp3) is 0.697. The highest BCUT2D eigenvalue weighted by Gasteiger charge is 2.55. The van der Waals surface area contributed by atoms with Gasteiger partial charge in [0.2, 0.25) is 0 Å². The van der Waals surface area contributed by atoms with Crippen LogP contribution in [0, 0.1) is 23.7 Å². The molecule has 2 saturated carbocycles. The summed E-state index contributed by atoms with van der Waals surface area (Å²) in [6, 6.07) is 7.98. The van der Waals surface area contributed by atoms with E-state index in [2.05, 4.69) is 69.4 Å². The van der Waals surface area contributed by atoms with E-state index in [0.29, 0.717) is 0 Å². The van der Waals surface area contributed by atoms with Gasteiger partial charge in [0, 0.05) is 0 Å². The molecule has 0 aliphatic heterocycles. The Bertz CT molecular complexity index is 801. The molecular weight excluding hydrogens is 424 g/mol. The van der Waals surface area contributed by atoms with Crippen molar-refractivity contribution in [1.29, 1.82) is 0 Å². The number of allylic oxidation sites excluding steroid dienone is 4. The van der Waals surface area contributed by atoms with Crippen molar-refractivity contribution in [3.05, 3.63) is 53.6 Å². The maximum atomic E-state index is 2.74. The summed E-state index contributed by atoms with van der Waals surface area (Å²) in [6.07, 6.45) is 29.4. The van der Waals surface area contributed by atoms with Crippen LogP contribution in [0.25, 0.3) is 0 Å². The van der Waals surface area contributed by atoms with Crippen LogP contribution in [-0.4, -0.2) is 8.07 Å². The zero-order chi connectivity index (χ0) is 24.0. The molecule has 4 rings (SSSR count). The zero-order valence-electron chi connectivity index (χ0n) is 22.8. The molecule has 0 nitrogen and oxygen atoms in total. The van der Waals surface area contributed by atoms with Crippen LogP contribution in [0.3, 0.4) is 0 Å². The standard InChI is InChI=1S/C33H52Si/c1-5-7-9-11-17-26-23-27(18-12-10-8-6-2)25-28(24-26)34(3,4)33-31-21-15-13-19-29(31)30-20-14-16-22-32(30)33/h13,15,19,21,23-25,29-33H,5-12,14,16-18,20,22H2,1-4H3. The van der Waals surface area contributed by atoms with Crippen LogP contribution in [0.1, 0.15) is 102 Å². The van der Waals surface area contributed by atoms with E-state index in [1.807, 2.05) is 0 Å². The van der Waals surface area contributed by atoms with Gasteiger partial charge in [-0.3, -0.25) is 0 Å². The summed E-state index contributed by atoms with van der Waals surface area (Å²) in [5, 5.41) is 1.78. The molecule has 2 fully saturated rings. The Hall–Kier alpha value is -1.08. The maximum absolute atomic E-state index is 2.74. The molecule has 0 bridgehead atoms. The molecule has 3 aliphatic carbocycles. The Balaban J connectivity index is 1.61. The van der Waals surface area contributed by atoms with Crippen LogP contribution in [-0.2, 0) is 12.8 Å². The third-order valence-electron chi connectivity index (χ3n) is 9.74. The van der Waals surface area contributed by atoms with E-state index in [1.165, 1.54) is 89.9 Å². The monoisotopic (exact) mass is 476 g/mol. The molecule has 0 saturated heterocycles. The highest BCUT2D eigenvalue weighted by atomic mass is 28.3. The lowest BCUT2D eigenvalue weighted by Crippen LogP contribution is -2.50. The summed E-state index contributed by atoms with van der Waals surface area (Å²) in [6.45, 7) is 10.1. The number of fused-ring (bicyclic) bond motifs is 3. The van der Waals surface area contributed by atoms with Crippen molar-refractivity contribution in [2.45, 2.75) is 122 Å². The van der Waals surface area contributed by atoms with Gasteiger partial charge < -0.3 is 0 Å². The SMILES string of the molecule is CCCCCCc1cc(CCCCCC)cc([Si](C)(C)C2C3C=CC=CC3C3CCCCC32)c1. The lowest BCUT2D eigenvalue weighted by molar-refractivity contribution is 0.247. The fourth-order valence-corrected chi connectivity index (χ4v) is 12.2. The summed E-state index contributed by atoms with van der Waals surface area (Å²) < 4.78 is 0. The quantitative estimate of drug-likeness (QED) is 0.208. The van der Waals surface area contributed by atoms with Crippen molar-refractivity contribution in [2.75, 3.05) is 0 Å². The molecule has 0 heterocycles. The van der Waals surface area contributed by atoms with Crippen LogP contribution in [0.2, 0.25) is 18.6 Å². The largest absolute Gasteiger partial charge is 0.0845 e. The smallest absolute Gasteiger partial charge is 0.0808 e. The van der Waals surface area contributed by atoms with Gasteiger partial charge in [-0.05, 0) is 72.4 Å². The highest BCUT2D eigenvalue weighted by Crippen LogP contribution is 2.60. The minimum atomic E-state index is -1.62. The number of hydrogen-bond donors (Lipinski definition) is 0. The van der Waals surface area contributed by atoms with Gasteiger partial charge in [-0.25, -0.2) is 0 Å². The predicted molar refractivity (Wildman–Crippen MR) is 154 cm³/mol. The third-order valence-corrected chi connectivity index (χ3v) is 14.0. The Morgan fingerprint density at radius 2 is 1.24 bits per heavy atom. The highest BCUT2D eigenvalue weighted by molar-refractivity contribution is 6.91. The molecule has 1 heteroatoms. The van der Waals surface area contributed by atoms with E-state index in [9.17, 15) is 0 Å². The van der Waals surface area contributed by atoms with Gasteiger partial charge in [0.25, 0.3) is 0 Å². The Labute approximate surface area is 212 Å². The normalized spacial score (nSPS) is 28.2. The van der Waals surface area contributed by atoms with Gasteiger partial charge in [-0.1, -0.05) is 132 Å². The third kappa shape index (κ3) is 5.83. The van der Waals surface area contributed by atoms with Crippen LogP contribution >= 0.6 is 0 Å². The lowest BCUT2D eigenvalue weighted by atomic mass is 9.77. The summed E-state index contributed by atoms with van der Waals surface area (Å²) in [7, 11) is -1.62. The number of hydrogen-bond acceptors (Lipinski definition) is 0. The number of unbranched alkanes of at least 4 members (excludes halogenated alkanes) is 6. The average molecular weight is 477 g/mol. The molecule has 0 aromatic heterocycles. The lowest BCUT2D eigenvalue weighted by Gasteiger charge is -2.40. The summed E-state index contributed by atoms with van der Waals surface area (Å²) in [5.41, 5.74) is 4.20. The maximum Gasteiger partial charge on any atom is 0.0845 e. The molecule has 0 N–H and O–H groups in total. The van der Waals surface area contributed by atoms with E-state index in [4.69, 9.17) is 0 Å². The van der Waals surface area contributed by atoms with Crippen LogP contribution < -0.4 is 5.19 Å². The molecule has 3 aliphatic rings. The Morgan fingerprint density at radius 3 is 1.82 bits per heavy atom. The summed E-state index contributed by atoms with van der Waals surface area (Å²) in [4.78, 5) is 0. The number of rotatable bonds is 12. The van der Waals surface area contributed by atoms with Gasteiger partial charge in [0.05, 0.1) is 8.07 Å². The van der Waals surface area contributed by atoms with E-state index < -0.39 is 8.07 Å². The molecule has 5 atom stereocenters. The first-order valence-electron chi connectivity index (χ1n) is 15.0. The molecule has 1 aromatic carbocycles. The second-order valence-corrected chi connectivity index (χ2v) is 17.1. The van der Waals surface area contributed by atoms with Crippen LogP contribution in [0.15, 0.2) is 42.5 Å². The Morgan fingerprint density at radius 1 is 0.676 bits per heavy atom.